The first-order chi connectivity index (χ1) is 7.79. The topological polar surface area (TPSA) is 29.5 Å². The largest absolute Gasteiger partial charge is 0.457 e. The van der Waals surface area contributed by atoms with Gasteiger partial charge in [0.2, 0.25) is 0 Å². The second kappa shape index (κ2) is 5.01. The van der Waals surface area contributed by atoms with Crippen LogP contribution in [0.2, 0.25) is 5.02 Å². The monoisotopic (exact) mass is 234 g/mol. The van der Waals surface area contributed by atoms with Crippen LogP contribution in [0.25, 0.3) is 0 Å². The molecule has 0 aromatic heterocycles. The highest BCUT2D eigenvalue weighted by Crippen LogP contribution is 2.26. The van der Waals surface area contributed by atoms with Gasteiger partial charge in [-0.2, -0.15) is 0 Å². The van der Waals surface area contributed by atoms with Crippen LogP contribution in [0.1, 0.15) is 5.56 Å². The van der Waals surface area contributed by atoms with Crippen LogP contribution in [0.15, 0.2) is 48.5 Å². The second-order valence-electron chi connectivity index (χ2n) is 3.33. The van der Waals surface area contributed by atoms with Gasteiger partial charge in [0.25, 0.3) is 0 Å². The van der Waals surface area contributed by atoms with E-state index in [4.69, 9.17) is 21.4 Å². The molecule has 2 nitrogen and oxygen atoms in total. The maximum absolute atomic E-state index is 9.07. The standard InChI is InChI=1S/C13H11ClO2/c14-13-7-6-12(8-10(13)9-15)16-11-4-2-1-3-5-11/h1-8,15H,9H2. The van der Waals surface area contributed by atoms with Crippen molar-refractivity contribution in [2.24, 2.45) is 0 Å². The first-order valence-electron chi connectivity index (χ1n) is 4.92. The lowest BCUT2D eigenvalue weighted by Gasteiger charge is -2.07. The molecular weight excluding hydrogens is 224 g/mol. The highest BCUT2D eigenvalue weighted by molar-refractivity contribution is 6.31. The fourth-order valence-corrected chi connectivity index (χ4v) is 1.54. The van der Waals surface area contributed by atoms with E-state index in [0.29, 0.717) is 16.3 Å². The van der Waals surface area contributed by atoms with Crippen molar-refractivity contribution < 1.29 is 9.84 Å². The number of hydrogen-bond donors (Lipinski definition) is 1. The number of aliphatic hydroxyl groups is 1. The van der Waals surface area contributed by atoms with Gasteiger partial charge in [-0.15, -0.1) is 0 Å². The molecule has 0 fully saturated rings. The Bertz CT molecular complexity index is 469. The number of benzene rings is 2. The van der Waals surface area contributed by atoms with Crippen LogP contribution < -0.4 is 4.74 Å². The molecule has 82 valence electrons. The lowest BCUT2D eigenvalue weighted by Crippen LogP contribution is -1.88. The quantitative estimate of drug-likeness (QED) is 0.879. The molecule has 0 spiro atoms. The van der Waals surface area contributed by atoms with E-state index in [9.17, 15) is 0 Å². The Labute approximate surface area is 99.1 Å². The number of rotatable bonds is 3. The van der Waals surface area contributed by atoms with E-state index in [1.807, 2.05) is 30.3 Å². The minimum atomic E-state index is -0.0924. The van der Waals surface area contributed by atoms with Gasteiger partial charge in [0.15, 0.2) is 0 Å². The molecule has 0 amide bonds. The van der Waals surface area contributed by atoms with Crippen molar-refractivity contribution in [1.82, 2.24) is 0 Å². The van der Waals surface area contributed by atoms with Crippen molar-refractivity contribution in [3.8, 4) is 11.5 Å². The molecule has 1 N–H and O–H groups in total. The lowest BCUT2D eigenvalue weighted by atomic mass is 10.2. The Kier molecular flexibility index (Phi) is 3.44. The molecule has 0 radical (unpaired) electrons. The zero-order valence-electron chi connectivity index (χ0n) is 8.56. The molecule has 2 aromatic rings. The van der Waals surface area contributed by atoms with E-state index in [2.05, 4.69) is 0 Å². The average Bonchev–Trinajstić information content (AvgIpc) is 2.33. The second-order valence-corrected chi connectivity index (χ2v) is 3.73. The number of para-hydroxylation sites is 1. The summed E-state index contributed by atoms with van der Waals surface area (Å²) in [6.07, 6.45) is 0. The number of ether oxygens (including phenoxy) is 1. The predicted octanol–water partition coefficient (Wildman–Crippen LogP) is 3.62. The predicted molar refractivity (Wildman–Crippen MR) is 63.9 cm³/mol. The minimum absolute atomic E-state index is 0.0924. The van der Waals surface area contributed by atoms with Crippen LogP contribution in [0.5, 0.6) is 11.5 Å². The molecular formula is C13H11ClO2. The fourth-order valence-electron chi connectivity index (χ4n) is 1.36. The van der Waals surface area contributed by atoms with Crippen LogP contribution in [-0.4, -0.2) is 5.11 Å². The number of halogens is 1. The molecule has 0 aliphatic carbocycles. The third-order valence-electron chi connectivity index (χ3n) is 2.17. The van der Waals surface area contributed by atoms with Gasteiger partial charge in [0.05, 0.1) is 6.61 Å². The first kappa shape index (κ1) is 11.0. The van der Waals surface area contributed by atoms with Crippen molar-refractivity contribution in [1.29, 1.82) is 0 Å². The molecule has 3 heteroatoms. The highest BCUT2D eigenvalue weighted by atomic mass is 35.5. The normalized spacial score (nSPS) is 10.1. The van der Waals surface area contributed by atoms with E-state index in [0.717, 1.165) is 5.75 Å². The molecule has 0 saturated carbocycles. The van der Waals surface area contributed by atoms with E-state index >= 15 is 0 Å². The molecule has 0 saturated heterocycles. The van der Waals surface area contributed by atoms with E-state index in [1.165, 1.54) is 0 Å². The summed E-state index contributed by atoms with van der Waals surface area (Å²) in [6.45, 7) is -0.0924. The van der Waals surface area contributed by atoms with Gasteiger partial charge < -0.3 is 9.84 Å². The van der Waals surface area contributed by atoms with E-state index in [-0.39, 0.29) is 6.61 Å². The third-order valence-corrected chi connectivity index (χ3v) is 2.54. The summed E-state index contributed by atoms with van der Waals surface area (Å²) in [5.74, 6) is 1.42. The lowest BCUT2D eigenvalue weighted by molar-refractivity contribution is 0.281. The summed E-state index contributed by atoms with van der Waals surface area (Å²) in [6, 6.07) is 14.7. The Morgan fingerprint density at radius 3 is 2.44 bits per heavy atom. The molecule has 2 aromatic carbocycles. The SMILES string of the molecule is OCc1cc(Oc2ccccc2)ccc1Cl. The summed E-state index contributed by atoms with van der Waals surface area (Å²) < 4.78 is 5.61. The summed E-state index contributed by atoms with van der Waals surface area (Å²) in [7, 11) is 0. The zero-order chi connectivity index (χ0) is 11.4. The molecule has 0 atom stereocenters. The van der Waals surface area contributed by atoms with E-state index < -0.39 is 0 Å². The Balaban J connectivity index is 2.22. The highest BCUT2D eigenvalue weighted by Gasteiger charge is 2.02. The molecule has 16 heavy (non-hydrogen) atoms. The molecule has 0 bridgehead atoms. The van der Waals surface area contributed by atoms with Crippen LogP contribution in [0, 0.1) is 0 Å². The molecule has 2 rings (SSSR count). The van der Waals surface area contributed by atoms with Gasteiger partial charge >= 0.3 is 0 Å². The van der Waals surface area contributed by atoms with Gasteiger partial charge in [0.1, 0.15) is 11.5 Å². The number of hydrogen-bond acceptors (Lipinski definition) is 2. The van der Waals surface area contributed by atoms with Gasteiger partial charge in [-0.25, -0.2) is 0 Å². The van der Waals surface area contributed by atoms with E-state index in [1.54, 1.807) is 18.2 Å². The van der Waals surface area contributed by atoms with Crippen LogP contribution in [-0.2, 0) is 6.61 Å². The van der Waals surface area contributed by atoms with Crippen LogP contribution in [0.3, 0.4) is 0 Å². The van der Waals surface area contributed by atoms with Gasteiger partial charge in [-0.1, -0.05) is 29.8 Å². The van der Waals surface area contributed by atoms with Gasteiger partial charge in [-0.3, -0.25) is 0 Å². The van der Waals surface area contributed by atoms with Crippen molar-refractivity contribution in [3.63, 3.8) is 0 Å². The molecule has 0 heterocycles. The summed E-state index contributed by atoms with van der Waals surface area (Å²) in [4.78, 5) is 0. The van der Waals surface area contributed by atoms with Crippen LogP contribution >= 0.6 is 11.6 Å². The molecule has 0 unspecified atom stereocenters. The van der Waals surface area contributed by atoms with Crippen molar-refractivity contribution in [2.45, 2.75) is 6.61 Å². The maximum atomic E-state index is 9.07. The third kappa shape index (κ3) is 2.54. The van der Waals surface area contributed by atoms with Crippen molar-refractivity contribution in [2.75, 3.05) is 0 Å². The maximum Gasteiger partial charge on any atom is 0.127 e. The van der Waals surface area contributed by atoms with Crippen LogP contribution in [0.4, 0.5) is 0 Å². The fraction of sp³-hybridized carbons (Fsp3) is 0.0769. The summed E-state index contributed by atoms with van der Waals surface area (Å²) in [5, 5.41) is 9.61. The zero-order valence-corrected chi connectivity index (χ0v) is 9.32. The van der Waals surface area contributed by atoms with Crippen molar-refractivity contribution in [3.05, 3.63) is 59.1 Å². The van der Waals surface area contributed by atoms with Crippen molar-refractivity contribution >= 4 is 11.6 Å². The minimum Gasteiger partial charge on any atom is -0.457 e. The first-order valence-corrected chi connectivity index (χ1v) is 5.29. The molecule has 0 aliphatic heterocycles. The molecule has 0 aliphatic rings. The van der Waals surface area contributed by atoms with Gasteiger partial charge in [-0.05, 0) is 35.9 Å². The van der Waals surface area contributed by atoms with Gasteiger partial charge in [0, 0.05) is 5.02 Å². The average molecular weight is 235 g/mol. The Hall–Kier alpha value is -1.51. The Morgan fingerprint density at radius 2 is 1.75 bits per heavy atom. The smallest absolute Gasteiger partial charge is 0.127 e. The number of aliphatic hydroxyl groups excluding tert-OH is 1. The Morgan fingerprint density at radius 1 is 1.00 bits per heavy atom. The summed E-state index contributed by atoms with van der Waals surface area (Å²) >= 11 is 5.88. The summed E-state index contributed by atoms with van der Waals surface area (Å²) in [5.41, 5.74) is 0.662.